The lowest BCUT2D eigenvalue weighted by atomic mass is 9.99. The highest BCUT2D eigenvalue weighted by Crippen LogP contribution is 2.11. The third-order valence-corrected chi connectivity index (χ3v) is 2.42. The third-order valence-electron chi connectivity index (χ3n) is 2.42. The molecule has 0 aliphatic carbocycles. The predicted molar refractivity (Wildman–Crippen MR) is 55.0 cm³/mol. The summed E-state index contributed by atoms with van der Waals surface area (Å²) in [4.78, 5) is 22.6. The van der Waals surface area contributed by atoms with E-state index in [4.69, 9.17) is 9.63 Å². The zero-order valence-electron chi connectivity index (χ0n) is 9.40. The van der Waals surface area contributed by atoms with Gasteiger partial charge in [-0.3, -0.25) is 4.79 Å². The lowest BCUT2D eigenvalue weighted by molar-refractivity contribution is -0.143. The van der Waals surface area contributed by atoms with Crippen molar-refractivity contribution in [1.82, 2.24) is 10.5 Å². The second kappa shape index (κ2) is 4.34. The van der Waals surface area contributed by atoms with Gasteiger partial charge in [-0.2, -0.15) is 0 Å². The van der Waals surface area contributed by atoms with Gasteiger partial charge in [-0.05, 0) is 20.3 Å². The van der Waals surface area contributed by atoms with E-state index in [1.54, 1.807) is 13.8 Å². The number of nitrogens with zero attached hydrogens (tertiary/aromatic N) is 1. The van der Waals surface area contributed by atoms with Crippen molar-refractivity contribution in [3.05, 3.63) is 17.5 Å². The van der Waals surface area contributed by atoms with Crippen LogP contribution in [0.1, 0.15) is 36.5 Å². The first kappa shape index (κ1) is 12.2. The lowest BCUT2D eigenvalue weighted by Crippen LogP contribution is -2.51. The zero-order chi connectivity index (χ0) is 12.3. The summed E-state index contributed by atoms with van der Waals surface area (Å²) in [5, 5.41) is 14.9. The lowest BCUT2D eigenvalue weighted by Gasteiger charge is -2.23. The van der Waals surface area contributed by atoms with Crippen molar-refractivity contribution in [3.8, 4) is 0 Å². The molecule has 0 saturated carbocycles. The van der Waals surface area contributed by atoms with E-state index in [0.717, 1.165) is 0 Å². The van der Waals surface area contributed by atoms with Crippen LogP contribution in [0.4, 0.5) is 0 Å². The van der Waals surface area contributed by atoms with Crippen LogP contribution in [-0.2, 0) is 4.79 Å². The van der Waals surface area contributed by atoms with Crippen molar-refractivity contribution in [2.75, 3.05) is 0 Å². The molecule has 0 aliphatic rings. The fraction of sp³-hybridized carbons (Fsp3) is 0.500. The Labute approximate surface area is 92.6 Å². The number of amides is 1. The first-order chi connectivity index (χ1) is 7.39. The van der Waals surface area contributed by atoms with E-state index in [1.165, 1.54) is 13.0 Å². The molecule has 0 spiro atoms. The van der Waals surface area contributed by atoms with E-state index in [2.05, 4.69) is 10.5 Å². The first-order valence-electron chi connectivity index (χ1n) is 4.88. The second-order valence-electron chi connectivity index (χ2n) is 3.78. The van der Waals surface area contributed by atoms with Crippen LogP contribution in [-0.4, -0.2) is 27.7 Å². The van der Waals surface area contributed by atoms with Crippen LogP contribution in [0.25, 0.3) is 0 Å². The molecule has 1 rings (SSSR count). The monoisotopic (exact) mass is 226 g/mol. The molecule has 0 radical (unpaired) electrons. The smallest absolute Gasteiger partial charge is 0.329 e. The average Bonchev–Trinajstić information content (AvgIpc) is 2.64. The third kappa shape index (κ3) is 2.39. The number of nitrogens with one attached hydrogen (secondary N) is 1. The number of carboxylic acid groups (broad SMARTS) is 1. The number of aryl methyl sites for hydroxylation is 1. The molecule has 1 atom stereocenters. The fourth-order valence-electron chi connectivity index (χ4n) is 1.08. The predicted octanol–water partition coefficient (Wildman–Crippen LogP) is 0.966. The first-order valence-corrected chi connectivity index (χ1v) is 4.88. The summed E-state index contributed by atoms with van der Waals surface area (Å²) in [6.45, 7) is 4.80. The summed E-state index contributed by atoms with van der Waals surface area (Å²) >= 11 is 0. The van der Waals surface area contributed by atoms with Crippen LogP contribution in [0.15, 0.2) is 10.6 Å². The number of rotatable bonds is 4. The summed E-state index contributed by atoms with van der Waals surface area (Å²) in [6, 6.07) is 1.45. The molecular weight excluding hydrogens is 212 g/mol. The van der Waals surface area contributed by atoms with Crippen LogP contribution in [0.5, 0.6) is 0 Å². The van der Waals surface area contributed by atoms with Gasteiger partial charge < -0.3 is 14.9 Å². The number of carboxylic acids is 1. The summed E-state index contributed by atoms with van der Waals surface area (Å²) in [6.07, 6.45) is 0.279. The van der Waals surface area contributed by atoms with Gasteiger partial charge in [-0.25, -0.2) is 4.79 Å². The minimum atomic E-state index is -1.29. The van der Waals surface area contributed by atoms with Crippen LogP contribution in [0.3, 0.4) is 0 Å². The Bertz CT molecular complexity index is 413. The highest BCUT2D eigenvalue weighted by Gasteiger charge is 2.33. The number of aliphatic carboxylic acids is 1. The molecule has 0 saturated heterocycles. The second-order valence-corrected chi connectivity index (χ2v) is 3.78. The van der Waals surface area contributed by atoms with Crippen LogP contribution in [0.2, 0.25) is 0 Å². The highest BCUT2D eigenvalue weighted by atomic mass is 16.5. The Kier molecular flexibility index (Phi) is 3.31. The maximum absolute atomic E-state index is 11.6. The van der Waals surface area contributed by atoms with Crippen LogP contribution >= 0.6 is 0 Å². The standard InChI is InChI=1S/C10H14N2O4/c1-4-10(3,9(14)15)11-8(13)7-5-6(2)12-16-7/h5H,4H2,1-3H3,(H,11,13)(H,14,15). The van der Waals surface area contributed by atoms with E-state index in [0.29, 0.717) is 5.69 Å². The summed E-state index contributed by atoms with van der Waals surface area (Å²) in [7, 11) is 0. The molecule has 1 aromatic rings. The Morgan fingerprint density at radius 2 is 2.25 bits per heavy atom. The molecule has 88 valence electrons. The fourth-order valence-corrected chi connectivity index (χ4v) is 1.08. The Hall–Kier alpha value is -1.85. The molecule has 1 amide bonds. The van der Waals surface area contributed by atoms with Gasteiger partial charge in [-0.15, -0.1) is 0 Å². The zero-order valence-corrected chi connectivity index (χ0v) is 9.40. The SMILES string of the molecule is CCC(C)(NC(=O)c1cc(C)no1)C(=O)O. The molecule has 6 heteroatoms. The van der Waals surface area contributed by atoms with Gasteiger partial charge in [0, 0.05) is 6.07 Å². The quantitative estimate of drug-likeness (QED) is 0.797. The van der Waals surface area contributed by atoms with Crippen molar-refractivity contribution in [2.45, 2.75) is 32.7 Å². The van der Waals surface area contributed by atoms with Gasteiger partial charge in [0.25, 0.3) is 5.91 Å². The topological polar surface area (TPSA) is 92.4 Å². The molecule has 1 unspecified atom stereocenters. The number of hydrogen-bond acceptors (Lipinski definition) is 4. The van der Waals surface area contributed by atoms with Crippen molar-refractivity contribution >= 4 is 11.9 Å². The van der Waals surface area contributed by atoms with Gasteiger partial charge in [0.2, 0.25) is 5.76 Å². The maximum Gasteiger partial charge on any atom is 0.329 e. The van der Waals surface area contributed by atoms with E-state index in [1.807, 2.05) is 0 Å². The van der Waals surface area contributed by atoms with E-state index in [9.17, 15) is 9.59 Å². The van der Waals surface area contributed by atoms with Gasteiger partial charge in [0.05, 0.1) is 5.69 Å². The molecular formula is C10H14N2O4. The van der Waals surface area contributed by atoms with Gasteiger partial charge in [0.15, 0.2) is 0 Å². The number of carbonyl (C=O) groups is 2. The summed E-state index contributed by atoms with van der Waals surface area (Å²) in [5.74, 6) is -1.65. The molecule has 0 fully saturated rings. The largest absolute Gasteiger partial charge is 0.480 e. The summed E-state index contributed by atoms with van der Waals surface area (Å²) < 4.78 is 4.74. The Morgan fingerprint density at radius 1 is 1.62 bits per heavy atom. The van der Waals surface area contributed by atoms with Gasteiger partial charge in [-0.1, -0.05) is 12.1 Å². The highest BCUT2D eigenvalue weighted by molar-refractivity contribution is 5.95. The molecule has 16 heavy (non-hydrogen) atoms. The number of aromatic nitrogens is 1. The van der Waals surface area contributed by atoms with E-state index >= 15 is 0 Å². The molecule has 0 aliphatic heterocycles. The molecule has 0 aromatic carbocycles. The maximum atomic E-state index is 11.6. The summed E-state index contributed by atoms with van der Waals surface area (Å²) in [5.41, 5.74) is -0.726. The number of carbonyl (C=O) groups excluding carboxylic acids is 1. The Morgan fingerprint density at radius 3 is 2.62 bits per heavy atom. The van der Waals surface area contributed by atoms with E-state index < -0.39 is 17.4 Å². The number of hydrogen-bond donors (Lipinski definition) is 2. The van der Waals surface area contributed by atoms with E-state index in [-0.39, 0.29) is 12.2 Å². The Balaban J connectivity index is 2.81. The van der Waals surface area contributed by atoms with Gasteiger partial charge in [0.1, 0.15) is 5.54 Å². The normalized spacial score (nSPS) is 14.2. The molecule has 0 bridgehead atoms. The van der Waals surface area contributed by atoms with Crippen molar-refractivity contribution in [1.29, 1.82) is 0 Å². The van der Waals surface area contributed by atoms with Crippen molar-refractivity contribution < 1.29 is 19.2 Å². The van der Waals surface area contributed by atoms with Crippen LogP contribution in [0, 0.1) is 6.92 Å². The minimum absolute atomic E-state index is 0.0124. The van der Waals surface area contributed by atoms with Crippen molar-refractivity contribution in [2.24, 2.45) is 0 Å². The average molecular weight is 226 g/mol. The van der Waals surface area contributed by atoms with Crippen LogP contribution < -0.4 is 5.32 Å². The minimum Gasteiger partial charge on any atom is -0.480 e. The van der Waals surface area contributed by atoms with Crippen molar-refractivity contribution in [3.63, 3.8) is 0 Å². The van der Waals surface area contributed by atoms with Gasteiger partial charge >= 0.3 is 5.97 Å². The molecule has 1 heterocycles. The molecule has 6 nitrogen and oxygen atoms in total. The molecule has 2 N–H and O–H groups in total. The molecule has 1 aromatic heterocycles.